The molecule has 0 radical (unpaired) electrons. The van der Waals surface area contributed by atoms with E-state index in [1.165, 1.54) is 37.4 Å². The van der Waals surface area contributed by atoms with Gasteiger partial charge < -0.3 is 9.88 Å². The highest BCUT2D eigenvalue weighted by molar-refractivity contribution is 9.10. The van der Waals surface area contributed by atoms with E-state index < -0.39 is 0 Å². The second kappa shape index (κ2) is 8.14. The molecular formula is C19H22BrN5OS. The van der Waals surface area contributed by atoms with Gasteiger partial charge in [-0.2, -0.15) is 0 Å². The molecule has 2 aromatic heterocycles. The Morgan fingerprint density at radius 1 is 1.26 bits per heavy atom. The number of halogens is 1. The summed E-state index contributed by atoms with van der Waals surface area (Å²) in [5, 5.41) is 13.3. The number of rotatable bonds is 4. The molecule has 1 aliphatic rings. The van der Waals surface area contributed by atoms with Crippen molar-refractivity contribution in [1.29, 1.82) is 0 Å². The summed E-state index contributed by atoms with van der Waals surface area (Å²) in [6.45, 7) is 0. The standard InChI is InChI=1S/C19H22BrN5OS/c1-25-15-9-8-12(20)10-14(15)17-18(25)22-19(24-23-17)27-11-16(26)21-13-6-4-2-3-5-7-13/h8-10,13H,2-7,11H2,1H3,(H,21,26). The van der Waals surface area contributed by atoms with Gasteiger partial charge in [-0.1, -0.05) is 53.4 Å². The monoisotopic (exact) mass is 447 g/mol. The molecule has 2 heterocycles. The summed E-state index contributed by atoms with van der Waals surface area (Å²) in [4.78, 5) is 16.9. The first-order chi connectivity index (χ1) is 13.1. The van der Waals surface area contributed by atoms with Gasteiger partial charge in [0, 0.05) is 22.9 Å². The molecule has 1 aromatic carbocycles. The topological polar surface area (TPSA) is 72.7 Å². The summed E-state index contributed by atoms with van der Waals surface area (Å²) >= 11 is 4.84. The van der Waals surface area contributed by atoms with Gasteiger partial charge in [-0.25, -0.2) is 4.98 Å². The zero-order chi connectivity index (χ0) is 18.8. The largest absolute Gasteiger partial charge is 0.353 e. The minimum atomic E-state index is 0.0524. The van der Waals surface area contributed by atoms with Crippen LogP contribution in [0.25, 0.3) is 22.1 Å². The van der Waals surface area contributed by atoms with E-state index in [1.807, 2.05) is 29.8 Å². The molecule has 3 aromatic rings. The summed E-state index contributed by atoms with van der Waals surface area (Å²) in [5.74, 6) is 0.371. The highest BCUT2D eigenvalue weighted by Gasteiger charge is 2.17. The maximum atomic E-state index is 12.3. The number of amides is 1. The number of aromatic nitrogens is 4. The molecule has 6 nitrogen and oxygen atoms in total. The first kappa shape index (κ1) is 18.7. The number of hydrogen-bond acceptors (Lipinski definition) is 5. The molecule has 0 saturated heterocycles. The van der Waals surface area contributed by atoms with Crippen molar-refractivity contribution in [2.45, 2.75) is 49.7 Å². The van der Waals surface area contributed by atoms with Crippen LogP contribution in [0.3, 0.4) is 0 Å². The van der Waals surface area contributed by atoms with E-state index in [0.29, 0.717) is 17.0 Å². The molecule has 8 heteroatoms. The highest BCUT2D eigenvalue weighted by atomic mass is 79.9. The molecule has 1 aliphatic carbocycles. The van der Waals surface area contributed by atoms with Crippen molar-refractivity contribution in [3.05, 3.63) is 22.7 Å². The van der Waals surface area contributed by atoms with E-state index in [1.54, 1.807) is 0 Å². The molecule has 0 spiro atoms. The third-order valence-corrected chi connectivity index (χ3v) is 6.43. The number of fused-ring (bicyclic) bond motifs is 3. The average molecular weight is 448 g/mol. The van der Waals surface area contributed by atoms with Crippen LogP contribution in [0.2, 0.25) is 0 Å². The lowest BCUT2D eigenvalue weighted by Gasteiger charge is -2.15. The molecule has 1 saturated carbocycles. The van der Waals surface area contributed by atoms with Gasteiger partial charge >= 0.3 is 0 Å². The predicted molar refractivity (Wildman–Crippen MR) is 112 cm³/mol. The molecule has 4 rings (SSSR count). The van der Waals surface area contributed by atoms with Gasteiger partial charge in [0.2, 0.25) is 11.1 Å². The molecule has 0 atom stereocenters. The number of carbonyl (C=O) groups excluding carboxylic acids is 1. The van der Waals surface area contributed by atoms with Crippen LogP contribution in [0.15, 0.2) is 27.8 Å². The van der Waals surface area contributed by atoms with Gasteiger partial charge in [0.15, 0.2) is 5.65 Å². The minimum absolute atomic E-state index is 0.0524. The Bertz CT molecular complexity index is 981. The Hall–Kier alpha value is -1.67. The van der Waals surface area contributed by atoms with E-state index in [-0.39, 0.29) is 5.91 Å². The van der Waals surface area contributed by atoms with Crippen molar-refractivity contribution in [3.8, 4) is 0 Å². The molecule has 1 amide bonds. The number of nitrogens with zero attached hydrogens (tertiary/aromatic N) is 4. The van der Waals surface area contributed by atoms with E-state index in [4.69, 9.17) is 0 Å². The maximum absolute atomic E-state index is 12.3. The summed E-state index contributed by atoms with van der Waals surface area (Å²) < 4.78 is 3.01. The van der Waals surface area contributed by atoms with Crippen molar-refractivity contribution in [2.75, 3.05) is 5.75 Å². The number of carbonyl (C=O) groups is 1. The highest BCUT2D eigenvalue weighted by Crippen LogP contribution is 2.28. The SMILES string of the molecule is Cn1c2ccc(Br)cc2c2nnc(SCC(=O)NC3CCCCCC3)nc21. The second-order valence-electron chi connectivity index (χ2n) is 7.03. The zero-order valence-corrected chi connectivity index (χ0v) is 17.6. The number of thioether (sulfide) groups is 1. The van der Waals surface area contributed by atoms with Gasteiger partial charge in [0.25, 0.3) is 0 Å². The van der Waals surface area contributed by atoms with Crippen LogP contribution >= 0.6 is 27.7 Å². The van der Waals surface area contributed by atoms with Crippen LogP contribution < -0.4 is 5.32 Å². The Balaban J connectivity index is 1.47. The average Bonchev–Trinajstić information content (AvgIpc) is 2.82. The fraction of sp³-hybridized carbons (Fsp3) is 0.474. The van der Waals surface area contributed by atoms with Crippen molar-refractivity contribution in [3.63, 3.8) is 0 Å². The van der Waals surface area contributed by atoms with E-state index in [9.17, 15) is 4.79 Å². The van der Waals surface area contributed by atoms with Crippen LogP contribution in [0.4, 0.5) is 0 Å². The quantitative estimate of drug-likeness (QED) is 0.478. The van der Waals surface area contributed by atoms with Gasteiger partial charge in [0.1, 0.15) is 5.52 Å². The van der Waals surface area contributed by atoms with Crippen molar-refractivity contribution >= 4 is 55.7 Å². The molecule has 1 fully saturated rings. The lowest BCUT2D eigenvalue weighted by molar-refractivity contribution is -0.119. The van der Waals surface area contributed by atoms with Crippen molar-refractivity contribution < 1.29 is 4.79 Å². The first-order valence-corrected chi connectivity index (χ1v) is 11.1. The summed E-state index contributed by atoms with van der Waals surface area (Å²) in [6.07, 6.45) is 7.15. The fourth-order valence-corrected chi connectivity index (χ4v) is 4.65. The third kappa shape index (κ3) is 4.11. The summed E-state index contributed by atoms with van der Waals surface area (Å²) in [5.41, 5.74) is 2.62. The van der Waals surface area contributed by atoms with Crippen molar-refractivity contribution in [1.82, 2.24) is 25.1 Å². The molecule has 142 valence electrons. The Morgan fingerprint density at radius 2 is 2.04 bits per heavy atom. The van der Waals surface area contributed by atoms with Crippen LogP contribution in [0.5, 0.6) is 0 Å². The summed E-state index contributed by atoms with van der Waals surface area (Å²) in [7, 11) is 1.97. The van der Waals surface area contributed by atoms with Crippen LogP contribution in [0.1, 0.15) is 38.5 Å². The smallest absolute Gasteiger partial charge is 0.230 e. The Labute approximate surface area is 170 Å². The van der Waals surface area contributed by atoms with Crippen LogP contribution in [0, 0.1) is 0 Å². The number of hydrogen-bond donors (Lipinski definition) is 1. The zero-order valence-electron chi connectivity index (χ0n) is 15.2. The molecular weight excluding hydrogens is 426 g/mol. The maximum Gasteiger partial charge on any atom is 0.230 e. The summed E-state index contributed by atoms with van der Waals surface area (Å²) in [6, 6.07) is 6.39. The first-order valence-electron chi connectivity index (χ1n) is 9.32. The molecule has 1 N–H and O–H groups in total. The van der Waals surface area contributed by atoms with Crippen LogP contribution in [-0.2, 0) is 11.8 Å². The van der Waals surface area contributed by atoms with E-state index in [2.05, 4.69) is 36.4 Å². The van der Waals surface area contributed by atoms with Gasteiger partial charge in [0.05, 0.1) is 11.3 Å². The molecule has 0 unspecified atom stereocenters. The third-order valence-electron chi connectivity index (χ3n) is 5.09. The number of nitrogens with one attached hydrogen (secondary N) is 1. The van der Waals surface area contributed by atoms with Crippen LogP contribution in [-0.4, -0.2) is 37.5 Å². The van der Waals surface area contributed by atoms with Gasteiger partial charge in [-0.05, 0) is 31.0 Å². The molecule has 0 bridgehead atoms. The molecule has 0 aliphatic heterocycles. The second-order valence-corrected chi connectivity index (χ2v) is 8.89. The Morgan fingerprint density at radius 3 is 2.81 bits per heavy atom. The lowest BCUT2D eigenvalue weighted by Crippen LogP contribution is -2.35. The Kier molecular flexibility index (Phi) is 5.63. The van der Waals surface area contributed by atoms with E-state index >= 15 is 0 Å². The fourth-order valence-electron chi connectivity index (χ4n) is 3.70. The molecule has 27 heavy (non-hydrogen) atoms. The van der Waals surface area contributed by atoms with Crippen molar-refractivity contribution in [2.24, 2.45) is 7.05 Å². The van der Waals surface area contributed by atoms with Gasteiger partial charge in [-0.15, -0.1) is 10.2 Å². The number of benzene rings is 1. The van der Waals surface area contributed by atoms with Gasteiger partial charge in [-0.3, -0.25) is 4.79 Å². The normalized spacial score (nSPS) is 15.9. The van der Waals surface area contributed by atoms with E-state index in [0.717, 1.165) is 39.4 Å². The predicted octanol–water partition coefficient (Wildman–Crippen LogP) is 4.21. The lowest BCUT2D eigenvalue weighted by atomic mass is 10.1. The number of aryl methyl sites for hydroxylation is 1. The minimum Gasteiger partial charge on any atom is -0.353 e.